The highest BCUT2D eigenvalue weighted by atomic mass is 31.1. The first-order chi connectivity index (χ1) is 14.9. The quantitative estimate of drug-likeness (QED) is 0.406. The summed E-state index contributed by atoms with van der Waals surface area (Å²) in [6.07, 6.45) is 20.5. The van der Waals surface area contributed by atoms with Crippen LogP contribution in [0.5, 0.6) is 0 Å². The van der Waals surface area contributed by atoms with E-state index in [-0.39, 0.29) is 7.92 Å². The number of hydrogen-bond donors (Lipinski definition) is 0. The topological polar surface area (TPSA) is 0 Å². The third-order valence-electron chi connectivity index (χ3n) is 7.09. The van der Waals surface area contributed by atoms with Gasteiger partial charge in [0.2, 0.25) is 0 Å². The molecular formula is C28H33P2. The summed E-state index contributed by atoms with van der Waals surface area (Å²) in [5.41, 5.74) is 3.68. The maximum absolute atomic E-state index is 2.47. The Kier molecular flexibility index (Phi) is 7.25. The van der Waals surface area contributed by atoms with E-state index in [0.717, 1.165) is 11.3 Å². The average molecular weight is 432 g/mol. The van der Waals surface area contributed by atoms with E-state index in [2.05, 4.69) is 79.9 Å². The molecule has 5 radical (unpaired) electrons. The summed E-state index contributed by atoms with van der Waals surface area (Å²) in [5.74, 6) is 1.67. The highest BCUT2D eigenvalue weighted by Crippen LogP contribution is 2.63. The van der Waals surface area contributed by atoms with Gasteiger partial charge < -0.3 is 0 Å². The molecule has 2 heteroatoms. The van der Waals surface area contributed by atoms with Crippen molar-refractivity contribution in [3.05, 3.63) is 91.5 Å². The zero-order valence-corrected chi connectivity index (χ0v) is 19.7. The van der Waals surface area contributed by atoms with E-state index < -0.39 is 7.92 Å². The molecule has 0 nitrogen and oxygen atoms in total. The predicted octanol–water partition coefficient (Wildman–Crippen LogP) is 7.22. The molecule has 0 N–H and O–H groups in total. The summed E-state index contributed by atoms with van der Waals surface area (Å²) in [6, 6.07) is 22.5. The standard InChI is InChI=1S/C28H33P2/c1-3-17-26(18-4-1)30(27-19-5-2-6-20-27)28-21-11-12-23(28)22-29(24-13-7-8-14-24)25-15-9-10-16-25/h1-6,11-12,17-21,24-25H,7-10,13-16,22H2. The minimum absolute atomic E-state index is 0.118. The Morgan fingerprint density at radius 1 is 0.633 bits per heavy atom. The molecule has 0 unspecified atom stereocenters. The number of hydrogen-bond acceptors (Lipinski definition) is 0. The monoisotopic (exact) mass is 431 g/mol. The van der Waals surface area contributed by atoms with Gasteiger partial charge in [-0.25, -0.2) is 0 Å². The van der Waals surface area contributed by atoms with Crippen molar-refractivity contribution in [3.8, 4) is 0 Å². The first-order valence-corrected chi connectivity index (χ1v) is 14.8. The summed E-state index contributed by atoms with van der Waals surface area (Å²) in [5, 5.41) is 2.97. The summed E-state index contributed by atoms with van der Waals surface area (Å²) in [7, 11) is -0.356. The highest BCUT2D eigenvalue weighted by molar-refractivity contribution is 7.76. The van der Waals surface area contributed by atoms with E-state index in [9.17, 15) is 0 Å². The largest absolute Gasteiger partial charge is 0.0997 e. The number of benzene rings is 2. The van der Waals surface area contributed by atoms with Crippen molar-refractivity contribution in [2.75, 3.05) is 6.16 Å². The lowest BCUT2D eigenvalue weighted by atomic mass is 10.1. The Hall–Kier alpha value is -0.700. The van der Waals surface area contributed by atoms with Gasteiger partial charge in [-0.2, -0.15) is 0 Å². The van der Waals surface area contributed by atoms with Crippen molar-refractivity contribution in [1.82, 2.24) is 0 Å². The van der Waals surface area contributed by atoms with Crippen LogP contribution in [0.15, 0.2) is 60.7 Å². The molecule has 30 heavy (non-hydrogen) atoms. The minimum Gasteiger partial charge on any atom is -0.0997 e. The van der Waals surface area contributed by atoms with E-state index >= 15 is 0 Å². The van der Waals surface area contributed by atoms with Crippen molar-refractivity contribution >= 4 is 26.5 Å². The Morgan fingerprint density at radius 3 is 1.63 bits per heavy atom. The molecule has 3 aliphatic rings. The lowest BCUT2D eigenvalue weighted by Crippen LogP contribution is -2.22. The second-order valence-corrected chi connectivity index (χ2v) is 14.0. The van der Waals surface area contributed by atoms with Crippen molar-refractivity contribution in [2.45, 2.75) is 62.7 Å². The highest BCUT2D eigenvalue weighted by Gasteiger charge is 2.41. The van der Waals surface area contributed by atoms with Crippen LogP contribution < -0.4 is 10.6 Å². The lowest BCUT2D eigenvalue weighted by molar-refractivity contribution is 0.824. The van der Waals surface area contributed by atoms with Gasteiger partial charge in [0.1, 0.15) is 0 Å². The van der Waals surface area contributed by atoms with E-state index in [4.69, 9.17) is 0 Å². The van der Waals surface area contributed by atoms with Crippen LogP contribution >= 0.6 is 15.8 Å². The van der Waals surface area contributed by atoms with Crippen molar-refractivity contribution in [3.63, 3.8) is 0 Å². The Bertz CT molecular complexity index is 706. The van der Waals surface area contributed by atoms with Gasteiger partial charge in [0.25, 0.3) is 0 Å². The van der Waals surface area contributed by atoms with Crippen LogP contribution in [0, 0.1) is 30.8 Å². The summed E-state index contributed by atoms with van der Waals surface area (Å²) >= 11 is 0. The lowest BCUT2D eigenvalue weighted by Gasteiger charge is -2.36. The molecule has 0 bridgehead atoms. The van der Waals surface area contributed by atoms with Crippen LogP contribution in [-0.4, -0.2) is 17.5 Å². The second-order valence-electron chi connectivity index (χ2n) is 8.99. The van der Waals surface area contributed by atoms with Gasteiger partial charge >= 0.3 is 0 Å². The third kappa shape index (κ3) is 4.71. The molecule has 0 atom stereocenters. The molecule has 0 saturated heterocycles. The average Bonchev–Trinajstić information content (AvgIpc) is 3.57. The van der Waals surface area contributed by atoms with Crippen molar-refractivity contribution in [2.24, 2.45) is 0 Å². The molecule has 3 fully saturated rings. The summed E-state index contributed by atoms with van der Waals surface area (Å²) in [6.45, 7) is 0. The molecular weight excluding hydrogens is 398 g/mol. The summed E-state index contributed by atoms with van der Waals surface area (Å²) < 4.78 is 0. The summed E-state index contributed by atoms with van der Waals surface area (Å²) in [4.78, 5) is 0. The third-order valence-corrected chi connectivity index (χ3v) is 13.3. The van der Waals surface area contributed by atoms with Crippen LogP contribution in [0.2, 0.25) is 0 Å². The molecule has 0 aliphatic heterocycles. The SMILES string of the molecule is [CH]1[CH][C](CP(C2CCCC2)C2CCCC2)[C](P(c2ccccc2)c2ccccc2)[CH]1. The maximum Gasteiger partial charge on any atom is 0.0198 e. The van der Waals surface area contributed by atoms with Crippen LogP contribution in [0.4, 0.5) is 0 Å². The smallest absolute Gasteiger partial charge is 0.0198 e. The Morgan fingerprint density at radius 2 is 1.13 bits per heavy atom. The fourth-order valence-corrected chi connectivity index (χ4v) is 12.0. The van der Waals surface area contributed by atoms with Gasteiger partial charge in [-0.1, -0.05) is 94.3 Å². The fourth-order valence-electron chi connectivity index (χ4n) is 5.61. The minimum atomic E-state index is -0.474. The molecule has 2 aromatic rings. The van der Waals surface area contributed by atoms with Crippen LogP contribution in [0.3, 0.4) is 0 Å². The van der Waals surface area contributed by atoms with Gasteiger partial charge in [-0.05, 0) is 86.9 Å². The van der Waals surface area contributed by atoms with Crippen LogP contribution in [0.1, 0.15) is 51.4 Å². The van der Waals surface area contributed by atoms with E-state index in [1.54, 1.807) is 11.6 Å². The maximum atomic E-state index is 2.47. The zero-order chi connectivity index (χ0) is 20.2. The first-order valence-electron chi connectivity index (χ1n) is 11.8. The van der Waals surface area contributed by atoms with Crippen LogP contribution in [-0.2, 0) is 0 Å². The normalized spacial score (nSPS) is 22.1. The molecule has 2 aromatic carbocycles. The Labute approximate surface area is 186 Å². The molecule has 155 valence electrons. The molecule has 3 saturated carbocycles. The first kappa shape index (κ1) is 21.2. The fraction of sp³-hybridized carbons (Fsp3) is 0.393. The van der Waals surface area contributed by atoms with Gasteiger partial charge in [-0.3, -0.25) is 0 Å². The molecule has 5 rings (SSSR count). The van der Waals surface area contributed by atoms with E-state index in [1.807, 2.05) is 0 Å². The van der Waals surface area contributed by atoms with Gasteiger partial charge in [0.15, 0.2) is 0 Å². The van der Waals surface area contributed by atoms with Crippen molar-refractivity contribution < 1.29 is 0 Å². The molecule has 0 spiro atoms. The van der Waals surface area contributed by atoms with Gasteiger partial charge in [0, 0.05) is 5.66 Å². The van der Waals surface area contributed by atoms with Crippen LogP contribution in [0.25, 0.3) is 0 Å². The molecule has 0 aromatic heterocycles. The molecule has 3 aliphatic carbocycles. The zero-order valence-electron chi connectivity index (χ0n) is 17.9. The van der Waals surface area contributed by atoms with Crippen molar-refractivity contribution in [1.29, 1.82) is 0 Å². The Balaban J connectivity index is 1.41. The van der Waals surface area contributed by atoms with E-state index in [1.165, 1.54) is 68.1 Å². The van der Waals surface area contributed by atoms with Gasteiger partial charge in [-0.15, -0.1) is 0 Å². The number of rotatable bonds is 7. The van der Waals surface area contributed by atoms with E-state index in [0.29, 0.717) is 0 Å². The predicted molar refractivity (Wildman–Crippen MR) is 135 cm³/mol. The molecule has 0 amide bonds. The second kappa shape index (κ2) is 10.3. The van der Waals surface area contributed by atoms with Gasteiger partial charge in [0.05, 0.1) is 0 Å². The molecule has 0 heterocycles.